The van der Waals surface area contributed by atoms with Crippen molar-refractivity contribution in [2.24, 2.45) is 0 Å². The lowest BCUT2D eigenvalue weighted by Crippen LogP contribution is -1.99. The fourth-order valence-corrected chi connectivity index (χ4v) is 1.37. The molecular formula is C10H12N4. The predicted octanol–water partition coefficient (Wildman–Crippen LogP) is 1.48. The van der Waals surface area contributed by atoms with Crippen molar-refractivity contribution in [3.05, 3.63) is 23.8 Å². The van der Waals surface area contributed by atoms with Gasteiger partial charge in [0.2, 0.25) is 0 Å². The van der Waals surface area contributed by atoms with Gasteiger partial charge < -0.3 is 5.73 Å². The Kier molecular flexibility index (Phi) is 2.04. The van der Waals surface area contributed by atoms with E-state index in [2.05, 4.69) is 15.0 Å². The Bertz CT molecular complexity index is 479. The second-order valence-corrected chi connectivity index (χ2v) is 3.23. The predicted molar refractivity (Wildman–Crippen MR) is 55.9 cm³/mol. The van der Waals surface area contributed by atoms with E-state index in [-0.39, 0.29) is 0 Å². The largest absolute Gasteiger partial charge is 0.383 e. The number of pyridine rings is 1. The molecule has 2 aromatic heterocycles. The molecule has 0 unspecified atom stereocenters. The molecule has 0 saturated carbocycles. The van der Waals surface area contributed by atoms with Crippen LogP contribution in [0.3, 0.4) is 0 Å². The van der Waals surface area contributed by atoms with Crippen LogP contribution in [0, 0.1) is 6.92 Å². The number of hydrogen-bond acceptors (Lipinski definition) is 4. The van der Waals surface area contributed by atoms with Gasteiger partial charge in [-0.1, -0.05) is 6.92 Å². The summed E-state index contributed by atoms with van der Waals surface area (Å²) in [5, 5.41) is 0.835. The van der Waals surface area contributed by atoms with Crippen LogP contribution in [0.4, 0.5) is 5.82 Å². The summed E-state index contributed by atoms with van der Waals surface area (Å²) in [6.07, 6.45) is 4.32. The molecule has 0 bridgehead atoms. The van der Waals surface area contributed by atoms with Gasteiger partial charge >= 0.3 is 0 Å². The molecule has 2 heterocycles. The van der Waals surface area contributed by atoms with Gasteiger partial charge in [0, 0.05) is 18.8 Å². The molecule has 0 aliphatic carbocycles. The highest BCUT2D eigenvalue weighted by molar-refractivity contribution is 5.89. The Morgan fingerprint density at radius 3 is 2.79 bits per heavy atom. The topological polar surface area (TPSA) is 64.7 Å². The van der Waals surface area contributed by atoms with Crippen LogP contribution in [-0.2, 0) is 6.42 Å². The molecule has 0 saturated heterocycles. The number of nitrogens with two attached hydrogens (primary N) is 1. The Morgan fingerprint density at radius 1 is 1.29 bits per heavy atom. The number of hydrogen-bond donors (Lipinski definition) is 1. The summed E-state index contributed by atoms with van der Waals surface area (Å²) in [6.45, 7) is 4.00. The lowest BCUT2D eigenvalue weighted by Gasteiger charge is -2.04. The highest BCUT2D eigenvalue weighted by atomic mass is 14.9. The van der Waals surface area contributed by atoms with Gasteiger partial charge in [-0.15, -0.1) is 0 Å². The summed E-state index contributed by atoms with van der Waals surface area (Å²) >= 11 is 0. The van der Waals surface area contributed by atoms with E-state index in [1.165, 1.54) is 0 Å². The van der Waals surface area contributed by atoms with Gasteiger partial charge in [0.05, 0.1) is 10.9 Å². The highest BCUT2D eigenvalue weighted by Gasteiger charge is 2.05. The third-order valence-electron chi connectivity index (χ3n) is 2.20. The molecule has 0 amide bonds. The van der Waals surface area contributed by atoms with E-state index in [4.69, 9.17) is 5.73 Å². The Labute approximate surface area is 82.2 Å². The minimum atomic E-state index is 0.494. The van der Waals surface area contributed by atoms with Gasteiger partial charge in [0.1, 0.15) is 11.6 Å². The molecule has 0 radical (unpaired) electrons. The zero-order valence-corrected chi connectivity index (χ0v) is 8.28. The molecule has 4 nitrogen and oxygen atoms in total. The molecule has 2 N–H and O–H groups in total. The summed E-state index contributed by atoms with van der Waals surface area (Å²) in [6, 6.07) is 0. The maximum Gasteiger partial charge on any atom is 0.134 e. The van der Waals surface area contributed by atoms with Crippen LogP contribution >= 0.6 is 0 Å². The minimum Gasteiger partial charge on any atom is -0.383 e. The zero-order chi connectivity index (χ0) is 10.1. The van der Waals surface area contributed by atoms with E-state index in [0.717, 1.165) is 28.7 Å². The zero-order valence-electron chi connectivity index (χ0n) is 8.28. The van der Waals surface area contributed by atoms with Crippen molar-refractivity contribution in [2.75, 3.05) is 5.73 Å². The quantitative estimate of drug-likeness (QED) is 0.736. The third kappa shape index (κ3) is 1.28. The van der Waals surface area contributed by atoms with E-state index >= 15 is 0 Å². The van der Waals surface area contributed by atoms with Crippen molar-refractivity contribution < 1.29 is 0 Å². The normalized spacial score (nSPS) is 10.7. The molecule has 0 atom stereocenters. The van der Waals surface area contributed by atoms with Crippen LogP contribution in [0.5, 0.6) is 0 Å². The molecule has 0 aromatic carbocycles. The van der Waals surface area contributed by atoms with Crippen molar-refractivity contribution in [1.29, 1.82) is 0 Å². The molecular weight excluding hydrogens is 176 g/mol. The average Bonchev–Trinajstić information content (AvgIpc) is 2.23. The van der Waals surface area contributed by atoms with Crippen molar-refractivity contribution in [1.82, 2.24) is 15.0 Å². The van der Waals surface area contributed by atoms with E-state index < -0.39 is 0 Å². The SMILES string of the molecule is CCc1ncc2c(N)ncc(C)c2n1. The van der Waals surface area contributed by atoms with Crippen molar-refractivity contribution in [3.63, 3.8) is 0 Å². The molecule has 0 spiro atoms. The average molecular weight is 188 g/mol. The fraction of sp³-hybridized carbons (Fsp3) is 0.300. The van der Waals surface area contributed by atoms with Crippen LogP contribution in [0.25, 0.3) is 10.9 Å². The molecule has 14 heavy (non-hydrogen) atoms. The minimum absolute atomic E-state index is 0.494. The van der Waals surface area contributed by atoms with Crippen LogP contribution in [0.2, 0.25) is 0 Å². The molecule has 0 aliphatic heterocycles. The van der Waals surface area contributed by atoms with Crippen molar-refractivity contribution in [2.45, 2.75) is 20.3 Å². The summed E-state index contributed by atoms with van der Waals surface area (Å²) in [4.78, 5) is 12.7. The van der Waals surface area contributed by atoms with Gasteiger partial charge in [-0.3, -0.25) is 0 Å². The second-order valence-electron chi connectivity index (χ2n) is 3.23. The van der Waals surface area contributed by atoms with E-state index in [0.29, 0.717) is 5.82 Å². The maximum absolute atomic E-state index is 5.73. The maximum atomic E-state index is 5.73. The number of rotatable bonds is 1. The first-order valence-corrected chi connectivity index (χ1v) is 4.59. The van der Waals surface area contributed by atoms with Crippen molar-refractivity contribution >= 4 is 16.7 Å². The molecule has 2 aromatic rings. The first-order chi connectivity index (χ1) is 6.72. The smallest absolute Gasteiger partial charge is 0.134 e. The Hall–Kier alpha value is -1.71. The van der Waals surface area contributed by atoms with Crippen molar-refractivity contribution in [3.8, 4) is 0 Å². The Morgan fingerprint density at radius 2 is 2.07 bits per heavy atom. The molecule has 0 aliphatic rings. The van der Waals surface area contributed by atoms with Gasteiger partial charge in [0.25, 0.3) is 0 Å². The number of nitrogens with zero attached hydrogens (tertiary/aromatic N) is 3. The fourth-order valence-electron chi connectivity index (χ4n) is 1.37. The molecule has 2 rings (SSSR count). The summed E-state index contributed by atoms with van der Waals surface area (Å²) in [7, 11) is 0. The monoisotopic (exact) mass is 188 g/mol. The van der Waals surface area contributed by atoms with Gasteiger partial charge in [-0.05, 0) is 12.5 Å². The van der Waals surface area contributed by atoms with E-state index in [9.17, 15) is 0 Å². The van der Waals surface area contributed by atoms with Crippen LogP contribution in [0.15, 0.2) is 12.4 Å². The number of fused-ring (bicyclic) bond motifs is 1. The number of nitrogen functional groups attached to an aromatic ring is 1. The first kappa shape index (κ1) is 8.87. The standard InChI is InChI=1S/C10H12N4/c1-3-8-12-5-7-9(14-8)6(2)4-13-10(7)11/h4-5H,3H2,1-2H3,(H2,11,13). The molecule has 4 heteroatoms. The van der Waals surface area contributed by atoms with Gasteiger partial charge in [-0.2, -0.15) is 0 Å². The lowest BCUT2D eigenvalue weighted by molar-refractivity contribution is 0.958. The van der Waals surface area contributed by atoms with Crippen LogP contribution in [0.1, 0.15) is 18.3 Å². The third-order valence-corrected chi connectivity index (χ3v) is 2.20. The first-order valence-electron chi connectivity index (χ1n) is 4.59. The molecule has 0 fully saturated rings. The van der Waals surface area contributed by atoms with Gasteiger partial charge in [-0.25, -0.2) is 15.0 Å². The van der Waals surface area contributed by atoms with E-state index in [1.807, 2.05) is 13.8 Å². The van der Waals surface area contributed by atoms with Crippen LogP contribution in [-0.4, -0.2) is 15.0 Å². The number of aromatic nitrogens is 3. The summed E-state index contributed by atoms with van der Waals surface area (Å²) in [5.74, 6) is 1.33. The highest BCUT2D eigenvalue weighted by Crippen LogP contribution is 2.19. The number of anilines is 1. The number of aryl methyl sites for hydroxylation is 2. The van der Waals surface area contributed by atoms with Gasteiger partial charge in [0.15, 0.2) is 0 Å². The van der Waals surface area contributed by atoms with E-state index in [1.54, 1.807) is 12.4 Å². The Balaban J connectivity index is 2.80. The second kappa shape index (κ2) is 3.21. The summed E-state index contributed by atoms with van der Waals surface area (Å²) < 4.78 is 0. The summed E-state index contributed by atoms with van der Waals surface area (Å²) in [5.41, 5.74) is 7.67. The van der Waals surface area contributed by atoms with Crippen LogP contribution < -0.4 is 5.73 Å². The lowest BCUT2D eigenvalue weighted by atomic mass is 10.2. The molecule has 72 valence electrons.